The van der Waals surface area contributed by atoms with Crippen molar-refractivity contribution in [3.05, 3.63) is 58.4 Å². The smallest absolute Gasteiger partial charge is 0.404 e. The zero-order chi connectivity index (χ0) is 24.8. The van der Waals surface area contributed by atoms with Crippen LogP contribution in [-0.4, -0.2) is 32.3 Å². The molecule has 2 unspecified atom stereocenters. The maximum absolute atomic E-state index is 13.6. The van der Waals surface area contributed by atoms with Gasteiger partial charge in [0.2, 0.25) is 0 Å². The SMILES string of the molecule is NC(=O)OC[C@H]1CC2CCC1[C@@H]2S(=O)(=O)c1cc(C(=O)Nc2cc(F)c(F)c(F)c2)ccc1Cl. The van der Waals surface area contributed by atoms with E-state index in [2.05, 4.69) is 5.32 Å². The van der Waals surface area contributed by atoms with Gasteiger partial charge in [0.1, 0.15) is 0 Å². The van der Waals surface area contributed by atoms with Gasteiger partial charge in [-0.25, -0.2) is 26.4 Å². The summed E-state index contributed by atoms with van der Waals surface area (Å²) in [5, 5.41) is 1.38. The van der Waals surface area contributed by atoms with Crippen molar-refractivity contribution in [2.75, 3.05) is 11.9 Å². The number of hydrogen-bond donors (Lipinski definition) is 2. The standard InChI is InChI=1S/C22H20ClF3N2O5S/c23-15-4-2-11(21(29)28-13-7-16(24)19(26)17(25)8-13)6-18(15)34(31,32)20-10-1-3-14(20)12(5-10)9-33-22(27)30/h2,4,6-8,10,12,14,20H,1,3,5,9H2,(H2,27,30)(H,28,29)/t10?,12-,14?,20-/m1/s1. The fourth-order valence-electron chi connectivity index (χ4n) is 5.11. The summed E-state index contributed by atoms with van der Waals surface area (Å²) in [5.74, 6) is -6.07. The molecule has 0 heterocycles. The van der Waals surface area contributed by atoms with Crippen LogP contribution in [0.1, 0.15) is 29.6 Å². The lowest BCUT2D eigenvalue weighted by Crippen LogP contribution is -2.29. The van der Waals surface area contributed by atoms with Gasteiger partial charge in [0.05, 0.1) is 21.8 Å². The lowest BCUT2D eigenvalue weighted by Gasteiger charge is -2.22. The highest BCUT2D eigenvalue weighted by Gasteiger charge is 2.54. The van der Waals surface area contributed by atoms with Crippen molar-refractivity contribution in [3.8, 4) is 0 Å². The van der Waals surface area contributed by atoms with Gasteiger partial charge in [-0.05, 0) is 55.2 Å². The number of nitrogens with two attached hydrogens (primary N) is 1. The molecule has 0 radical (unpaired) electrons. The second-order valence-electron chi connectivity index (χ2n) is 8.49. The molecule has 2 amide bonds. The summed E-state index contributed by atoms with van der Waals surface area (Å²) in [6.45, 7) is 0.0312. The Morgan fingerprint density at radius 1 is 1.12 bits per heavy atom. The first-order valence-corrected chi connectivity index (χ1v) is 12.3. The number of fused-ring (bicyclic) bond motifs is 2. The topological polar surface area (TPSA) is 116 Å². The van der Waals surface area contributed by atoms with Crippen molar-refractivity contribution in [1.29, 1.82) is 0 Å². The molecule has 2 aliphatic rings. The number of carbonyl (C=O) groups excluding carboxylic acids is 2. The molecule has 2 aromatic rings. The van der Waals surface area contributed by atoms with Crippen molar-refractivity contribution in [3.63, 3.8) is 0 Å². The van der Waals surface area contributed by atoms with E-state index in [1.54, 1.807) is 0 Å². The third-order valence-electron chi connectivity index (χ3n) is 6.51. The molecule has 0 aliphatic heterocycles. The minimum absolute atomic E-state index is 0.0312. The molecule has 0 spiro atoms. The number of ether oxygens (including phenoxy) is 1. The summed E-state index contributed by atoms with van der Waals surface area (Å²) >= 11 is 6.20. The molecule has 7 nitrogen and oxygen atoms in total. The number of rotatable bonds is 6. The van der Waals surface area contributed by atoms with Crippen LogP contribution >= 0.6 is 11.6 Å². The quantitative estimate of drug-likeness (QED) is 0.556. The largest absolute Gasteiger partial charge is 0.449 e. The molecule has 2 bridgehead atoms. The van der Waals surface area contributed by atoms with Crippen LogP contribution in [0.3, 0.4) is 0 Å². The van der Waals surface area contributed by atoms with E-state index in [1.807, 2.05) is 0 Å². The van der Waals surface area contributed by atoms with Crippen LogP contribution in [0.2, 0.25) is 5.02 Å². The van der Waals surface area contributed by atoms with E-state index < -0.39 is 44.5 Å². The summed E-state index contributed by atoms with van der Waals surface area (Å²) in [4.78, 5) is 23.3. The van der Waals surface area contributed by atoms with Crippen LogP contribution < -0.4 is 11.1 Å². The lowest BCUT2D eigenvalue weighted by molar-refractivity contribution is 0.102. The van der Waals surface area contributed by atoms with E-state index in [-0.39, 0.29) is 45.5 Å². The molecule has 2 saturated carbocycles. The molecular formula is C22H20ClF3N2O5S. The van der Waals surface area contributed by atoms with Gasteiger partial charge >= 0.3 is 6.09 Å². The maximum Gasteiger partial charge on any atom is 0.404 e. The van der Waals surface area contributed by atoms with Gasteiger partial charge in [-0.1, -0.05) is 11.6 Å². The molecule has 182 valence electrons. The molecule has 0 aromatic heterocycles. The maximum atomic E-state index is 13.6. The third kappa shape index (κ3) is 4.46. The predicted molar refractivity (Wildman–Crippen MR) is 117 cm³/mol. The summed E-state index contributed by atoms with van der Waals surface area (Å²) in [6, 6.07) is 4.83. The molecule has 0 saturated heterocycles. The Balaban J connectivity index is 1.59. The van der Waals surface area contributed by atoms with E-state index >= 15 is 0 Å². The number of halogens is 4. The van der Waals surface area contributed by atoms with E-state index in [4.69, 9.17) is 22.1 Å². The van der Waals surface area contributed by atoms with E-state index in [1.165, 1.54) is 12.1 Å². The Morgan fingerprint density at radius 2 is 1.79 bits per heavy atom. The molecule has 4 rings (SSSR count). The normalized spacial score (nSPS) is 23.6. The van der Waals surface area contributed by atoms with Crippen LogP contribution in [0.4, 0.5) is 23.7 Å². The Labute approximate surface area is 198 Å². The van der Waals surface area contributed by atoms with Gasteiger partial charge in [-0.15, -0.1) is 0 Å². The van der Waals surface area contributed by atoms with Gasteiger partial charge in [-0.2, -0.15) is 0 Å². The minimum atomic E-state index is -3.98. The first-order chi connectivity index (χ1) is 16.0. The Morgan fingerprint density at radius 3 is 2.44 bits per heavy atom. The molecular weight excluding hydrogens is 497 g/mol. The number of amides is 2. The summed E-state index contributed by atoms with van der Waals surface area (Å²) in [7, 11) is -3.98. The van der Waals surface area contributed by atoms with E-state index in [9.17, 15) is 31.2 Å². The third-order valence-corrected chi connectivity index (χ3v) is 9.35. The van der Waals surface area contributed by atoms with Crippen molar-refractivity contribution in [2.24, 2.45) is 23.5 Å². The fourth-order valence-corrected chi connectivity index (χ4v) is 8.05. The van der Waals surface area contributed by atoms with E-state index in [0.29, 0.717) is 31.4 Å². The highest BCUT2D eigenvalue weighted by atomic mass is 35.5. The van der Waals surface area contributed by atoms with Crippen molar-refractivity contribution in [1.82, 2.24) is 0 Å². The highest BCUT2D eigenvalue weighted by molar-refractivity contribution is 7.92. The van der Waals surface area contributed by atoms with E-state index in [0.717, 1.165) is 6.07 Å². The van der Waals surface area contributed by atoms with Crippen molar-refractivity contribution in [2.45, 2.75) is 29.4 Å². The fraction of sp³-hybridized carbons (Fsp3) is 0.364. The number of sulfone groups is 1. The number of anilines is 1. The first kappa shape index (κ1) is 24.3. The predicted octanol–water partition coefficient (Wildman–Crippen LogP) is 4.29. The molecule has 12 heteroatoms. The van der Waals surface area contributed by atoms with Gasteiger partial charge in [-0.3, -0.25) is 4.79 Å². The number of hydrogen-bond acceptors (Lipinski definition) is 5. The van der Waals surface area contributed by atoms with Crippen LogP contribution in [0, 0.1) is 35.2 Å². The van der Waals surface area contributed by atoms with Crippen LogP contribution in [0.15, 0.2) is 35.2 Å². The van der Waals surface area contributed by atoms with Crippen molar-refractivity contribution < 1.29 is 35.9 Å². The van der Waals surface area contributed by atoms with Crippen LogP contribution in [0.5, 0.6) is 0 Å². The molecule has 3 N–H and O–H groups in total. The zero-order valence-electron chi connectivity index (χ0n) is 17.6. The molecule has 34 heavy (non-hydrogen) atoms. The summed E-state index contributed by atoms with van der Waals surface area (Å²) < 4.78 is 72.1. The average molecular weight is 517 g/mol. The van der Waals surface area contributed by atoms with Gasteiger partial charge in [0, 0.05) is 23.4 Å². The molecule has 2 aliphatic carbocycles. The van der Waals surface area contributed by atoms with Crippen LogP contribution in [-0.2, 0) is 14.6 Å². The highest BCUT2D eigenvalue weighted by Crippen LogP contribution is 2.53. The lowest BCUT2D eigenvalue weighted by atomic mass is 9.90. The molecule has 2 fully saturated rings. The second-order valence-corrected chi connectivity index (χ2v) is 11.0. The number of benzene rings is 2. The zero-order valence-corrected chi connectivity index (χ0v) is 19.1. The summed E-state index contributed by atoms with van der Waals surface area (Å²) in [5.41, 5.74) is 4.57. The second kappa shape index (κ2) is 9.10. The Hall–Kier alpha value is -2.79. The monoisotopic (exact) mass is 516 g/mol. The number of carbonyl (C=O) groups is 2. The summed E-state index contributed by atoms with van der Waals surface area (Å²) in [6.07, 6.45) is 0.966. The van der Waals surface area contributed by atoms with Gasteiger partial charge in [0.25, 0.3) is 5.91 Å². The Bertz CT molecular complexity index is 1250. The number of nitrogens with one attached hydrogen (secondary N) is 1. The molecule has 4 atom stereocenters. The molecule has 2 aromatic carbocycles. The van der Waals surface area contributed by atoms with Gasteiger partial charge < -0.3 is 15.8 Å². The Kier molecular flexibility index (Phi) is 6.52. The number of primary amides is 1. The van der Waals surface area contributed by atoms with Gasteiger partial charge in [0.15, 0.2) is 27.3 Å². The minimum Gasteiger partial charge on any atom is -0.449 e. The average Bonchev–Trinajstić information content (AvgIpc) is 3.35. The first-order valence-electron chi connectivity index (χ1n) is 10.4. The van der Waals surface area contributed by atoms with Crippen molar-refractivity contribution >= 4 is 39.1 Å². The van der Waals surface area contributed by atoms with Crippen LogP contribution in [0.25, 0.3) is 0 Å².